The molecule has 0 fully saturated rings. The lowest BCUT2D eigenvalue weighted by Crippen LogP contribution is -2.10. The third kappa shape index (κ3) is 6.44. The van der Waals surface area contributed by atoms with Gasteiger partial charge in [-0.3, -0.25) is 0 Å². The van der Waals surface area contributed by atoms with Crippen LogP contribution >= 0.6 is 11.3 Å². The Morgan fingerprint density at radius 2 is 0.767 bits per heavy atom. The van der Waals surface area contributed by atoms with Crippen molar-refractivity contribution in [3.8, 4) is 55.6 Å². The minimum atomic E-state index is 1.11. The molecule has 0 bridgehead atoms. The van der Waals surface area contributed by atoms with Crippen LogP contribution in [0.4, 0.5) is 17.1 Å². The summed E-state index contributed by atoms with van der Waals surface area (Å²) in [7, 11) is 0. The van der Waals surface area contributed by atoms with E-state index >= 15 is 0 Å². The summed E-state index contributed by atoms with van der Waals surface area (Å²) in [5.74, 6) is 0. The van der Waals surface area contributed by atoms with Gasteiger partial charge in [-0.2, -0.15) is 0 Å². The first kappa shape index (κ1) is 35.6. The van der Waals surface area contributed by atoms with Gasteiger partial charge in [0.2, 0.25) is 0 Å². The van der Waals surface area contributed by atoms with Gasteiger partial charge in [-0.05, 0) is 109 Å². The summed E-state index contributed by atoms with van der Waals surface area (Å²) in [6.45, 7) is 0. The van der Waals surface area contributed by atoms with Crippen molar-refractivity contribution in [1.29, 1.82) is 0 Å². The molecule has 0 aliphatic heterocycles. The van der Waals surface area contributed by atoms with E-state index in [0.29, 0.717) is 0 Å². The minimum Gasteiger partial charge on any atom is -0.309 e. The molecule has 0 aliphatic carbocycles. The van der Waals surface area contributed by atoms with Crippen molar-refractivity contribution < 1.29 is 0 Å². The zero-order valence-corrected chi connectivity index (χ0v) is 33.7. The van der Waals surface area contributed by atoms with Crippen LogP contribution in [0.1, 0.15) is 0 Å². The Bertz CT molecular complexity index is 3290. The van der Waals surface area contributed by atoms with E-state index in [2.05, 4.69) is 241 Å². The molecule has 1 nitrogen and oxygen atoms in total. The number of fused-ring (bicyclic) bond motifs is 4. The van der Waals surface area contributed by atoms with Gasteiger partial charge in [-0.1, -0.05) is 194 Å². The third-order valence-electron chi connectivity index (χ3n) is 11.7. The number of hydrogen-bond acceptors (Lipinski definition) is 2. The first-order valence-electron chi connectivity index (χ1n) is 20.5. The number of anilines is 3. The quantitative estimate of drug-likeness (QED) is 0.148. The SMILES string of the molecule is c1ccc(-c2cccc(-c3ccccc3-c3ccc(N(c4ccc(-c5cccc6cccc(-c7ccccc7)c56)cc4)c4cccc5c4sc4ccccc45)cc3)c2)cc1. The normalized spacial score (nSPS) is 11.3. The van der Waals surface area contributed by atoms with Crippen molar-refractivity contribution in [3.63, 3.8) is 0 Å². The van der Waals surface area contributed by atoms with Gasteiger partial charge in [0.1, 0.15) is 0 Å². The number of hydrogen-bond donors (Lipinski definition) is 0. The second kappa shape index (κ2) is 15.3. The molecule has 0 saturated heterocycles. The fourth-order valence-electron chi connectivity index (χ4n) is 8.84. The molecule has 2 heteroatoms. The van der Waals surface area contributed by atoms with Crippen LogP contribution in [0.2, 0.25) is 0 Å². The molecular formula is C58H39NS. The number of thiophene rings is 1. The number of rotatable bonds is 8. The summed E-state index contributed by atoms with van der Waals surface area (Å²) < 4.78 is 2.57. The van der Waals surface area contributed by atoms with Gasteiger partial charge in [-0.15, -0.1) is 11.3 Å². The Morgan fingerprint density at radius 3 is 1.45 bits per heavy atom. The lowest BCUT2D eigenvalue weighted by atomic mass is 9.91. The largest absolute Gasteiger partial charge is 0.309 e. The van der Waals surface area contributed by atoms with Gasteiger partial charge in [-0.25, -0.2) is 0 Å². The van der Waals surface area contributed by atoms with Crippen LogP contribution in [0.25, 0.3) is 86.6 Å². The highest BCUT2D eigenvalue weighted by atomic mass is 32.1. The molecule has 1 heterocycles. The summed E-state index contributed by atoms with van der Waals surface area (Å²) >= 11 is 1.86. The van der Waals surface area contributed by atoms with Gasteiger partial charge >= 0.3 is 0 Å². The van der Waals surface area contributed by atoms with Crippen LogP contribution in [-0.4, -0.2) is 0 Å². The second-order valence-electron chi connectivity index (χ2n) is 15.2. The standard InChI is InChI=1S/C58H39NS/c1-3-15-40(16-4-1)45-21-11-22-46(39-45)50-24-8-7-23-49(50)42-31-35-47(36-32-42)59(55-29-14-28-54-53-25-9-10-30-56(53)60-58(54)55)48-37-33-43(34-38-48)52-27-13-20-44-19-12-26-51(57(44)52)41-17-5-2-6-18-41/h1-39H. The Morgan fingerprint density at radius 1 is 0.300 bits per heavy atom. The zero-order chi connectivity index (χ0) is 39.8. The van der Waals surface area contributed by atoms with Crippen molar-refractivity contribution in [1.82, 2.24) is 0 Å². The highest BCUT2D eigenvalue weighted by Crippen LogP contribution is 2.46. The summed E-state index contributed by atoms with van der Waals surface area (Å²) in [5, 5.41) is 5.08. The maximum absolute atomic E-state index is 2.43. The smallest absolute Gasteiger partial charge is 0.0640 e. The van der Waals surface area contributed by atoms with E-state index < -0.39 is 0 Å². The van der Waals surface area contributed by atoms with Crippen molar-refractivity contribution in [2.45, 2.75) is 0 Å². The monoisotopic (exact) mass is 781 g/mol. The van der Waals surface area contributed by atoms with Gasteiger partial charge in [0.25, 0.3) is 0 Å². The molecule has 0 saturated carbocycles. The van der Waals surface area contributed by atoms with E-state index in [1.54, 1.807) is 0 Å². The molecule has 282 valence electrons. The van der Waals surface area contributed by atoms with Gasteiger partial charge in [0.15, 0.2) is 0 Å². The lowest BCUT2D eigenvalue weighted by molar-refractivity contribution is 1.30. The molecule has 0 amide bonds. The summed E-state index contributed by atoms with van der Waals surface area (Å²) in [5.41, 5.74) is 15.5. The van der Waals surface area contributed by atoms with Crippen molar-refractivity contribution >= 4 is 59.3 Å². The van der Waals surface area contributed by atoms with Crippen LogP contribution in [0.5, 0.6) is 0 Å². The highest BCUT2D eigenvalue weighted by molar-refractivity contribution is 7.26. The Kier molecular flexibility index (Phi) is 9.11. The summed E-state index contributed by atoms with van der Waals surface area (Å²) in [4.78, 5) is 2.43. The summed E-state index contributed by atoms with van der Waals surface area (Å²) in [6.07, 6.45) is 0. The van der Waals surface area contributed by atoms with Crippen LogP contribution in [0.3, 0.4) is 0 Å². The van der Waals surface area contributed by atoms with Crippen LogP contribution in [0, 0.1) is 0 Å². The first-order valence-corrected chi connectivity index (χ1v) is 21.3. The van der Waals surface area contributed by atoms with Gasteiger partial charge in [0.05, 0.1) is 10.4 Å². The average molecular weight is 782 g/mol. The molecular weight excluding hydrogens is 743 g/mol. The Balaban J connectivity index is 1.02. The molecule has 0 spiro atoms. The molecule has 60 heavy (non-hydrogen) atoms. The fraction of sp³-hybridized carbons (Fsp3) is 0. The van der Waals surface area contributed by atoms with E-state index in [1.165, 1.54) is 92.3 Å². The average Bonchev–Trinajstić information content (AvgIpc) is 3.72. The van der Waals surface area contributed by atoms with E-state index in [9.17, 15) is 0 Å². The topological polar surface area (TPSA) is 3.24 Å². The predicted molar refractivity (Wildman–Crippen MR) is 259 cm³/mol. The molecule has 0 radical (unpaired) electrons. The molecule has 0 unspecified atom stereocenters. The van der Waals surface area contributed by atoms with E-state index in [1.807, 2.05) is 11.3 Å². The maximum Gasteiger partial charge on any atom is 0.0640 e. The molecule has 0 atom stereocenters. The van der Waals surface area contributed by atoms with Crippen molar-refractivity contribution in [3.05, 3.63) is 237 Å². The molecule has 11 rings (SSSR count). The third-order valence-corrected chi connectivity index (χ3v) is 12.9. The molecule has 0 N–H and O–H groups in total. The second-order valence-corrected chi connectivity index (χ2v) is 16.3. The maximum atomic E-state index is 2.43. The molecule has 0 aliphatic rings. The molecule has 11 aromatic rings. The van der Waals surface area contributed by atoms with Crippen molar-refractivity contribution in [2.75, 3.05) is 4.90 Å². The van der Waals surface area contributed by atoms with Crippen LogP contribution in [-0.2, 0) is 0 Å². The predicted octanol–water partition coefficient (Wildman–Crippen LogP) is 17.0. The zero-order valence-electron chi connectivity index (χ0n) is 32.9. The lowest BCUT2D eigenvalue weighted by Gasteiger charge is -2.26. The Hall–Kier alpha value is -7.52. The number of benzene rings is 10. The van der Waals surface area contributed by atoms with Gasteiger partial charge in [0, 0.05) is 26.8 Å². The van der Waals surface area contributed by atoms with E-state index in [0.717, 1.165) is 11.4 Å². The van der Waals surface area contributed by atoms with Crippen LogP contribution < -0.4 is 4.90 Å². The minimum absolute atomic E-state index is 1.11. The fourth-order valence-corrected chi connectivity index (χ4v) is 10.0. The van der Waals surface area contributed by atoms with Gasteiger partial charge < -0.3 is 4.90 Å². The Labute approximate surface area is 354 Å². The van der Waals surface area contributed by atoms with Crippen LogP contribution in [0.15, 0.2) is 237 Å². The number of nitrogens with zero attached hydrogens (tertiary/aromatic N) is 1. The molecule has 10 aromatic carbocycles. The first-order chi connectivity index (χ1) is 29.8. The highest BCUT2D eigenvalue weighted by Gasteiger charge is 2.19. The van der Waals surface area contributed by atoms with E-state index in [4.69, 9.17) is 0 Å². The molecule has 1 aromatic heterocycles. The summed E-state index contributed by atoms with van der Waals surface area (Å²) in [6, 6.07) is 86.0. The van der Waals surface area contributed by atoms with Crippen molar-refractivity contribution in [2.24, 2.45) is 0 Å². The van der Waals surface area contributed by atoms with E-state index in [-0.39, 0.29) is 0 Å².